The first-order valence-electron chi connectivity index (χ1n) is 7.47. The number of nitrogens with one attached hydrogen (secondary N) is 1. The van der Waals surface area contributed by atoms with Crippen LogP contribution in [0.1, 0.15) is 43.7 Å². The molecule has 1 aliphatic heterocycles. The Kier molecular flexibility index (Phi) is 5.12. The van der Waals surface area contributed by atoms with Gasteiger partial charge in [0, 0.05) is 34.1 Å². The summed E-state index contributed by atoms with van der Waals surface area (Å²) in [4.78, 5) is 24.4. The van der Waals surface area contributed by atoms with Crippen LogP contribution < -0.4 is 10.2 Å². The molecule has 1 aliphatic rings. The third kappa shape index (κ3) is 4.14. The molecule has 0 aliphatic carbocycles. The number of carbonyl (C=O) groups excluding carboxylic acids is 1. The lowest BCUT2D eigenvalue weighted by atomic mass is 10.0. The van der Waals surface area contributed by atoms with Crippen LogP contribution in [0.5, 0.6) is 0 Å². The molecule has 1 fully saturated rings. The highest BCUT2D eigenvalue weighted by molar-refractivity contribution is 5.72. The van der Waals surface area contributed by atoms with E-state index in [1.165, 1.54) is 12.8 Å². The van der Waals surface area contributed by atoms with Crippen LogP contribution in [0.4, 0.5) is 5.82 Å². The Morgan fingerprint density at radius 1 is 1.33 bits per heavy atom. The molecule has 0 radical (unpaired) electrons. The molecular weight excluding hydrogens is 266 g/mol. The number of nitrogens with zero attached hydrogens (tertiary/aromatic N) is 4. The SMILES string of the molecule is CC(=O)N(C)Cc1cc(N(C)C)nc([C@H]2CCCCN2)n1. The topological polar surface area (TPSA) is 61.4 Å². The monoisotopic (exact) mass is 291 g/mol. The van der Waals surface area contributed by atoms with E-state index in [0.717, 1.165) is 30.3 Å². The fraction of sp³-hybridized carbons (Fsp3) is 0.667. The van der Waals surface area contributed by atoms with Crippen molar-refractivity contribution in [2.75, 3.05) is 32.6 Å². The standard InChI is InChI=1S/C15H25N5O/c1-11(21)20(4)10-12-9-14(19(2)3)18-15(17-12)13-7-5-6-8-16-13/h9,13,16H,5-8,10H2,1-4H3/t13-/m1/s1. The van der Waals surface area contributed by atoms with Gasteiger partial charge in [0.25, 0.3) is 0 Å². The molecular formula is C15H25N5O. The van der Waals surface area contributed by atoms with E-state index in [-0.39, 0.29) is 11.9 Å². The average Bonchev–Trinajstić information content (AvgIpc) is 2.47. The number of hydrogen-bond acceptors (Lipinski definition) is 5. The van der Waals surface area contributed by atoms with Crippen LogP contribution in [0.3, 0.4) is 0 Å². The second-order valence-corrected chi connectivity index (χ2v) is 5.85. The number of anilines is 1. The molecule has 1 aromatic rings. The molecule has 2 rings (SSSR count). The van der Waals surface area contributed by atoms with E-state index in [4.69, 9.17) is 0 Å². The summed E-state index contributed by atoms with van der Waals surface area (Å²) >= 11 is 0. The van der Waals surface area contributed by atoms with Gasteiger partial charge in [-0.2, -0.15) is 0 Å². The Balaban J connectivity index is 2.27. The van der Waals surface area contributed by atoms with E-state index in [2.05, 4.69) is 15.3 Å². The molecule has 0 bridgehead atoms. The van der Waals surface area contributed by atoms with Crippen LogP contribution in [0.25, 0.3) is 0 Å². The lowest BCUT2D eigenvalue weighted by Crippen LogP contribution is -2.30. The van der Waals surface area contributed by atoms with Crippen LogP contribution >= 0.6 is 0 Å². The van der Waals surface area contributed by atoms with E-state index in [9.17, 15) is 4.79 Å². The Morgan fingerprint density at radius 2 is 2.10 bits per heavy atom. The summed E-state index contributed by atoms with van der Waals surface area (Å²) in [6.07, 6.45) is 3.48. The first kappa shape index (κ1) is 15.7. The predicted octanol–water partition coefficient (Wildman–Crippen LogP) is 1.34. The maximum Gasteiger partial charge on any atom is 0.219 e. The minimum Gasteiger partial charge on any atom is -0.363 e. The zero-order valence-electron chi connectivity index (χ0n) is 13.4. The second kappa shape index (κ2) is 6.85. The largest absolute Gasteiger partial charge is 0.363 e. The van der Waals surface area contributed by atoms with Gasteiger partial charge in [0.05, 0.1) is 18.3 Å². The molecule has 6 heteroatoms. The number of hydrogen-bond donors (Lipinski definition) is 1. The predicted molar refractivity (Wildman–Crippen MR) is 83.1 cm³/mol. The van der Waals surface area contributed by atoms with E-state index < -0.39 is 0 Å². The lowest BCUT2D eigenvalue weighted by Gasteiger charge is -2.24. The molecule has 1 atom stereocenters. The van der Waals surface area contributed by atoms with E-state index in [1.54, 1.807) is 18.9 Å². The van der Waals surface area contributed by atoms with Crippen molar-refractivity contribution in [3.63, 3.8) is 0 Å². The third-order valence-corrected chi connectivity index (χ3v) is 3.80. The van der Waals surface area contributed by atoms with Crippen LogP contribution in [0.15, 0.2) is 6.07 Å². The van der Waals surface area contributed by atoms with Crippen molar-refractivity contribution in [2.45, 2.75) is 38.8 Å². The molecule has 1 N–H and O–H groups in total. The van der Waals surface area contributed by atoms with Gasteiger partial charge in [0.15, 0.2) is 0 Å². The highest BCUT2D eigenvalue weighted by atomic mass is 16.2. The minimum atomic E-state index is 0.0392. The molecule has 1 aromatic heterocycles. The third-order valence-electron chi connectivity index (χ3n) is 3.80. The molecule has 1 amide bonds. The minimum absolute atomic E-state index is 0.0392. The quantitative estimate of drug-likeness (QED) is 0.907. The number of rotatable bonds is 4. The first-order valence-corrected chi connectivity index (χ1v) is 7.47. The summed E-state index contributed by atoms with van der Waals surface area (Å²) in [5, 5.41) is 3.48. The summed E-state index contributed by atoms with van der Waals surface area (Å²) in [6, 6.07) is 2.17. The summed E-state index contributed by atoms with van der Waals surface area (Å²) < 4.78 is 0. The van der Waals surface area contributed by atoms with Crippen molar-refractivity contribution in [3.05, 3.63) is 17.6 Å². The summed E-state index contributed by atoms with van der Waals surface area (Å²) in [6.45, 7) is 3.10. The Labute approximate surface area is 126 Å². The summed E-state index contributed by atoms with van der Waals surface area (Å²) in [7, 11) is 5.73. The zero-order chi connectivity index (χ0) is 15.4. The van der Waals surface area contributed by atoms with Crippen LogP contribution in [-0.4, -0.2) is 48.5 Å². The van der Waals surface area contributed by atoms with Gasteiger partial charge in [-0.3, -0.25) is 4.79 Å². The van der Waals surface area contributed by atoms with Gasteiger partial charge < -0.3 is 15.1 Å². The fourth-order valence-corrected chi connectivity index (χ4v) is 2.40. The maximum absolute atomic E-state index is 11.4. The Bertz CT molecular complexity index is 497. The van der Waals surface area contributed by atoms with Crippen LogP contribution in [0.2, 0.25) is 0 Å². The number of carbonyl (C=O) groups is 1. The Morgan fingerprint density at radius 3 is 2.67 bits per heavy atom. The molecule has 0 saturated carbocycles. The lowest BCUT2D eigenvalue weighted by molar-refractivity contribution is -0.128. The second-order valence-electron chi connectivity index (χ2n) is 5.85. The molecule has 21 heavy (non-hydrogen) atoms. The smallest absolute Gasteiger partial charge is 0.219 e. The van der Waals surface area contributed by atoms with Gasteiger partial charge >= 0.3 is 0 Å². The molecule has 0 spiro atoms. The van der Waals surface area contributed by atoms with Gasteiger partial charge in [0.2, 0.25) is 5.91 Å². The molecule has 2 heterocycles. The molecule has 0 unspecified atom stereocenters. The highest BCUT2D eigenvalue weighted by Gasteiger charge is 2.19. The van der Waals surface area contributed by atoms with Crippen molar-refractivity contribution in [2.24, 2.45) is 0 Å². The number of aromatic nitrogens is 2. The van der Waals surface area contributed by atoms with E-state index in [0.29, 0.717) is 6.54 Å². The van der Waals surface area contributed by atoms with Gasteiger partial charge in [-0.05, 0) is 19.4 Å². The van der Waals surface area contributed by atoms with Crippen molar-refractivity contribution in [1.82, 2.24) is 20.2 Å². The summed E-state index contributed by atoms with van der Waals surface area (Å²) in [5.41, 5.74) is 0.883. The number of piperidine rings is 1. The van der Waals surface area contributed by atoms with Gasteiger partial charge in [0.1, 0.15) is 11.6 Å². The van der Waals surface area contributed by atoms with Gasteiger partial charge in [-0.15, -0.1) is 0 Å². The average molecular weight is 291 g/mol. The number of amides is 1. The highest BCUT2D eigenvalue weighted by Crippen LogP contribution is 2.22. The Hall–Kier alpha value is -1.69. The van der Waals surface area contributed by atoms with E-state index in [1.807, 2.05) is 25.1 Å². The molecule has 1 saturated heterocycles. The fourth-order valence-electron chi connectivity index (χ4n) is 2.40. The molecule has 6 nitrogen and oxygen atoms in total. The summed E-state index contributed by atoms with van der Waals surface area (Å²) in [5.74, 6) is 1.77. The van der Waals surface area contributed by atoms with Crippen molar-refractivity contribution in [3.8, 4) is 0 Å². The first-order chi connectivity index (χ1) is 9.97. The van der Waals surface area contributed by atoms with Crippen LogP contribution in [0, 0.1) is 0 Å². The molecule has 0 aromatic carbocycles. The van der Waals surface area contributed by atoms with Crippen LogP contribution in [-0.2, 0) is 11.3 Å². The van der Waals surface area contributed by atoms with Crippen molar-refractivity contribution < 1.29 is 4.79 Å². The molecule has 116 valence electrons. The van der Waals surface area contributed by atoms with Gasteiger partial charge in [-0.1, -0.05) is 6.42 Å². The van der Waals surface area contributed by atoms with Gasteiger partial charge in [-0.25, -0.2) is 9.97 Å². The van der Waals surface area contributed by atoms with Crippen molar-refractivity contribution in [1.29, 1.82) is 0 Å². The zero-order valence-corrected chi connectivity index (χ0v) is 13.4. The van der Waals surface area contributed by atoms with E-state index >= 15 is 0 Å². The normalized spacial score (nSPS) is 18.4. The maximum atomic E-state index is 11.4. The van der Waals surface area contributed by atoms with Crippen molar-refractivity contribution >= 4 is 11.7 Å².